The molecule has 1 aromatic rings. The van der Waals surface area contributed by atoms with Crippen LogP contribution in [0, 0.1) is 18.2 Å². The van der Waals surface area contributed by atoms with E-state index in [0.717, 1.165) is 12.0 Å². The van der Waals surface area contributed by atoms with Crippen molar-refractivity contribution >= 4 is 17.7 Å². The first-order valence-electron chi connectivity index (χ1n) is 6.47. The van der Waals surface area contributed by atoms with Crippen LogP contribution in [0.3, 0.4) is 0 Å². The van der Waals surface area contributed by atoms with Crippen LogP contribution in [-0.4, -0.2) is 23.7 Å². The summed E-state index contributed by atoms with van der Waals surface area (Å²) < 4.78 is 13.5. The number of anilines is 1. The SMILES string of the molecule is Cc1ccc(F)c(NC(=O)NCC2(C(=O)O)CCC2)c1. The van der Waals surface area contributed by atoms with Crippen molar-refractivity contribution in [1.29, 1.82) is 0 Å². The van der Waals surface area contributed by atoms with E-state index in [2.05, 4.69) is 10.6 Å². The van der Waals surface area contributed by atoms with Crippen LogP contribution in [0.15, 0.2) is 18.2 Å². The molecule has 1 fully saturated rings. The second-order valence-electron chi connectivity index (χ2n) is 5.23. The largest absolute Gasteiger partial charge is 0.481 e. The average molecular weight is 280 g/mol. The molecule has 0 bridgehead atoms. The molecule has 0 aromatic heterocycles. The number of amides is 2. The van der Waals surface area contributed by atoms with Crippen molar-refractivity contribution in [2.45, 2.75) is 26.2 Å². The normalized spacial score (nSPS) is 16.1. The molecular weight excluding hydrogens is 263 g/mol. The van der Waals surface area contributed by atoms with Gasteiger partial charge in [0.25, 0.3) is 0 Å². The summed E-state index contributed by atoms with van der Waals surface area (Å²) in [5.74, 6) is -1.42. The molecule has 2 rings (SSSR count). The van der Waals surface area contributed by atoms with E-state index < -0.39 is 23.2 Å². The molecule has 0 heterocycles. The quantitative estimate of drug-likeness (QED) is 0.793. The van der Waals surface area contributed by atoms with E-state index >= 15 is 0 Å². The molecule has 0 atom stereocenters. The molecule has 1 aliphatic carbocycles. The number of carboxylic acid groups (broad SMARTS) is 1. The monoisotopic (exact) mass is 280 g/mol. The fourth-order valence-corrected chi connectivity index (χ4v) is 2.22. The highest BCUT2D eigenvalue weighted by Crippen LogP contribution is 2.40. The molecule has 0 unspecified atom stereocenters. The number of benzene rings is 1. The van der Waals surface area contributed by atoms with E-state index in [1.807, 2.05) is 0 Å². The Hall–Kier alpha value is -2.11. The van der Waals surface area contributed by atoms with Gasteiger partial charge in [-0.25, -0.2) is 9.18 Å². The number of nitrogens with one attached hydrogen (secondary N) is 2. The van der Waals surface area contributed by atoms with E-state index in [9.17, 15) is 14.0 Å². The predicted octanol–water partition coefficient (Wildman–Crippen LogP) is 2.51. The van der Waals surface area contributed by atoms with Gasteiger partial charge < -0.3 is 15.7 Å². The van der Waals surface area contributed by atoms with Crippen LogP contribution in [0.4, 0.5) is 14.9 Å². The number of carboxylic acids is 1. The highest BCUT2D eigenvalue weighted by Gasteiger charge is 2.44. The number of rotatable bonds is 4. The highest BCUT2D eigenvalue weighted by atomic mass is 19.1. The zero-order valence-electron chi connectivity index (χ0n) is 11.2. The first-order valence-corrected chi connectivity index (χ1v) is 6.47. The number of carbonyl (C=O) groups is 2. The molecule has 1 aliphatic rings. The number of urea groups is 1. The molecule has 108 valence electrons. The van der Waals surface area contributed by atoms with Gasteiger partial charge in [0.15, 0.2) is 0 Å². The fourth-order valence-electron chi connectivity index (χ4n) is 2.22. The number of halogens is 1. The van der Waals surface area contributed by atoms with Gasteiger partial charge in [0.1, 0.15) is 5.82 Å². The third kappa shape index (κ3) is 2.89. The maximum absolute atomic E-state index is 13.5. The summed E-state index contributed by atoms with van der Waals surface area (Å²) in [6, 6.07) is 3.80. The molecule has 0 spiro atoms. The molecule has 1 saturated carbocycles. The summed E-state index contributed by atoms with van der Waals surface area (Å²) in [5, 5.41) is 14.0. The van der Waals surface area contributed by atoms with Crippen LogP contribution in [0.25, 0.3) is 0 Å². The van der Waals surface area contributed by atoms with E-state index in [0.29, 0.717) is 12.8 Å². The Labute approximate surface area is 116 Å². The molecule has 20 heavy (non-hydrogen) atoms. The van der Waals surface area contributed by atoms with Gasteiger partial charge in [-0.3, -0.25) is 4.79 Å². The van der Waals surface area contributed by atoms with Crippen molar-refractivity contribution in [2.24, 2.45) is 5.41 Å². The minimum absolute atomic E-state index is 0.0571. The van der Waals surface area contributed by atoms with Gasteiger partial charge in [-0.05, 0) is 37.5 Å². The van der Waals surface area contributed by atoms with E-state index in [1.54, 1.807) is 13.0 Å². The second-order valence-corrected chi connectivity index (χ2v) is 5.23. The number of aryl methyl sites for hydroxylation is 1. The zero-order chi connectivity index (χ0) is 14.8. The average Bonchev–Trinajstić information content (AvgIpc) is 2.32. The molecule has 6 heteroatoms. The first-order chi connectivity index (χ1) is 9.43. The third-order valence-electron chi connectivity index (χ3n) is 3.72. The summed E-state index contributed by atoms with van der Waals surface area (Å²) >= 11 is 0. The molecule has 3 N–H and O–H groups in total. The minimum Gasteiger partial charge on any atom is -0.481 e. The van der Waals surface area contributed by atoms with Gasteiger partial charge in [-0.2, -0.15) is 0 Å². The van der Waals surface area contributed by atoms with Gasteiger partial charge in [-0.1, -0.05) is 12.5 Å². The summed E-state index contributed by atoms with van der Waals surface area (Å²) in [6.45, 7) is 1.85. The number of aliphatic carboxylic acids is 1. The molecule has 2 amide bonds. The van der Waals surface area contributed by atoms with Crippen molar-refractivity contribution in [3.8, 4) is 0 Å². The van der Waals surface area contributed by atoms with E-state index in [1.165, 1.54) is 12.1 Å². The Kier molecular flexibility index (Phi) is 3.92. The standard InChI is InChI=1S/C14H17FN2O3/c1-9-3-4-10(15)11(7-9)17-13(20)16-8-14(12(18)19)5-2-6-14/h3-4,7H,2,5-6,8H2,1H3,(H,18,19)(H2,16,17,20). The van der Waals surface area contributed by atoms with Gasteiger partial charge >= 0.3 is 12.0 Å². The number of hydrogen-bond acceptors (Lipinski definition) is 2. The van der Waals surface area contributed by atoms with Crippen molar-refractivity contribution in [3.05, 3.63) is 29.6 Å². The highest BCUT2D eigenvalue weighted by molar-refractivity contribution is 5.90. The minimum atomic E-state index is -0.897. The summed E-state index contributed by atoms with van der Waals surface area (Å²) in [6.07, 6.45) is 1.96. The maximum atomic E-state index is 13.5. The lowest BCUT2D eigenvalue weighted by Crippen LogP contribution is -2.48. The van der Waals surface area contributed by atoms with Gasteiger partial charge in [0.2, 0.25) is 0 Å². The van der Waals surface area contributed by atoms with Crippen molar-refractivity contribution in [1.82, 2.24) is 5.32 Å². The topological polar surface area (TPSA) is 78.4 Å². The summed E-state index contributed by atoms with van der Waals surface area (Å²) in [5.41, 5.74) is 0.0471. The van der Waals surface area contributed by atoms with Crippen LogP contribution in [0.1, 0.15) is 24.8 Å². The number of carbonyl (C=O) groups excluding carboxylic acids is 1. The van der Waals surface area contributed by atoms with Gasteiger partial charge in [-0.15, -0.1) is 0 Å². The maximum Gasteiger partial charge on any atom is 0.319 e. The Bertz CT molecular complexity index is 541. The van der Waals surface area contributed by atoms with Crippen LogP contribution in [0.2, 0.25) is 0 Å². The van der Waals surface area contributed by atoms with Crippen molar-refractivity contribution in [2.75, 3.05) is 11.9 Å². The second kappa shape index (κ2) is 5.48. The smallest absolute Gasteiger partial charge is 0.319 e. The predicted molar refractivity (Wildman–Crippen MR) is 72.1 cm³/mol. The fraction of sp³-hybridized carbons (Fsp3) is 0.429. The Morgan fingerprint density at radius 2 is 2.10 bits per heavy atom. The number of hydrogen-bond donors (Lipinski definition) is 3. The Morgan fingerprint density at radius 1 is 1.40 bits per heavy atom. The van der Waals surface area contributed by atoms with Crippen LogP contribution < -0.4 is 10.6 Å². The molecule has 0 saturated heterocycles. The van der Waals surface area contributed by atoms with Crippen molar-refractivity contribution < 1.29 is 19.1 Å². The van der Waals surface area contributed by atoms with E-state index in [4.69, 9.17) is 5.11 Å². The Morgan fingerprint density at radius 3 is 2.65 bits per heavy atom. The van der Waals surface area contributed by atoms with Crippen LogP contribution in [-0.2, 0) is 4.79 Å². The molecule has 5 nitrogen and oxygen atoms in total. The lowest BCUT2D eigenvalue weighted by Gasteiger charge is -2.37. The molecule has 1 aromatic carbocycles. The first kappa shape index (κ1) is 14.3. The zero-order valence-corrected chi connectivity index (χ0v) is 11.2. The van der Waals surface area contributed by atoms with E-state index in [-0.39, 0.29) is 12.2 Å². The Balaban J connectivity index is 1.93. The van der Waals surface area contributed by atoms with Crippen molar-refractivity contribution in [3.63, 3.8) is 0 Å². The molecule has 0 aliphatic heterocycles. The third-order valence-corrected chi connectivity index (χ3v) is 3.72. The van der Waals surface area contributed by atoms with Crippen LogP contribution in [0.5, 0.6) is 0 Å². The molecule has 0 radical (unpaired) electrons. The molecular formula is C14H17FN2O3. The van der Waals surface area contributed by atoms with Gasteiger partial charge in [0.05, 0.1) is 11.1 Å². The lowest BCUT2D eigenvalue weighted by molar-refractivity contribution is -0.153. The summed E-state index contributed by atoms with van der Waals surface area (Å²) in [7, 11) is 0. The lowest BCUT2D eigenvalue weighted by atomic mass is 9.69. The summed E-state index contributed by atoms with van der Waals surface area (Å²) in [4.78, 5) is 22.8. The van der Waals surface area contributed by atoms with Gasteiger partial charge in [0, 0.05) is 6.54 Å². The van der Waals surface area contributed by atoms with Crippen LogP contribution >= 0.6 is 0 Å².